The fourth-order valence-electron chi connectivity index (χ4n) is 2.22. The minimum atomic E-state index is -0.0377. The molecule has 1 aliphatic rings. The average Bonchev–Trinajstić information content (AvgIpc) is 2.28. The molecule has 3 heteroatoms. The normalized spacial score (nSPS) is 19.0. The summed E-state index contributed by atoms with van der Waals surface area (Å²) in [7, 11) is 0. The van der Waals surface area contributed by atoms with Crippen molar-refractivity contribution in [3.63, 3.8) is 0 Å². The molecule has 1 aromatic carbocycles. The molecular formula is C13H18N2O. The van der Waals surface area contributed by atoms with E-state index in [1.165, 1.54) is 16.7 Å². The van der Waals surface area contributed by atoms with E-state index >= 15 is 0 Å². The molecule has 1 heterocycles. The summed E-state index contributed by atoms with van der Waals surface area (Å²) in [5.41, 5.74) is 3.68. The predicted octanol–water partition coefficient (Wildman–Crippen LogP) is 1.32. The van der Waals surface area contributed by atoms with Gasteiger partial charge in [0.1, 0.15) is 0 Å². The van der Waals surface area contributed by atoms with Crippen LogP contribution in [0.4, 0.5) is 0 Å². The second-order valence-electron chi connectivity index (χ2n) is 4.28. The summed E-state index contributed by atoms with van der Waals surface area (Å²) in [6.07, 6.45) is 0. The molecule has 1 amide bonds. The minimum Gasteiger partial charge on any atom is -0.356 e. The highest BCUT2D eigenvalue weighted by atomic mass is 16.1. The maximum atomic E-state index is 11.9. The van der Waals surface area contributed by atoms with Crippen molar-refractivity contribution < 1.29 is 4.79 Å². The summed E-state index contributed by atoms with van der Waals surface area (Å²) < 4.78 is 0. The summed E-state index contributed by atoms with van der Waals surface area (Å²) in [6, 6.07) is 6.33. The third-order valence-electron chi connectivity index (χ3n) is 3.01. The zero-order valence-corrected chi connectivity index (χ0v) is 9.84. The van der Waals surface area contributed by atoms with Gasteiger partial charge in [0.15, 0.2) is 0 Å². The van der Waals surface area contributed by atoms with E-state index in [0.717, 1.165) is 13.1 Å². The van der Waals surface area contributed by atoms with Crippen molar-refractivity contribution in [1.29, 1.82) is 0 Å². The van der Waals surface area contributed by atoms with Gasteiger partial charge in [0.05, 0.1) is 5.92 Å². The van der Waals surface area contributed by atoms with Crippen molar-refractivity contribution in [1.82, 2.24) is 10.6 Å². The maximum Gasteiger partial charge on any atom is 0.228 e. The highest BCUT2D eigenvalue weighted by Gasteiger charge is 2.25. The second kappa shape index (κ2) is 4.66. The van der Waals surface area contributed by atoms with Crippen LogP contribution in [-0.4, -0.2) is 19.0 Å². The summed E-state index contributed by atoms with van der Waals surface area (Å²) >= 11 is 0. The lowest BCUT2D eigenvalue weighted by Gasteiger charge is -2.25. The molecule has 16 heavy (non-hydrogen) atoms. The fraction of sp³-hybridized carbons (Fsp3) is 0.462. The number of benzene rings is 1. The predicted molar refractivity (Wildman–Crippen MR) is 64.3 cm³/mol. The molecule has 86 valence electrons. The number of hydrogen-bond donors (Lipinski definition) is 2. The minimum absolute atomic E-state index is 0.0377. The van der Waals surface area contributed by atoms with E-state index in [9.17, 15) is 4.79 Å². The number of fused-ring (bicyclic) bond motifs is 1. The lowest BCUT2D eigenvalue weighted by molar-refractivity contribution is -0.122. The Morgan fingerprint density at radius 1 is 1.56 bits per heavy atom. The van der Waals surface area contributed by atoms with Gasteiger partial charge in [-0.3, -0.25) is 4.79 Å². The van der Waals surface area contributed by atoms with Crippen molar-refractivity contribution in [2.45, 2.75) is 26.3 Å². The Morgan fingerprint density at radius 2 is 2.38 bits per heavy atom. The molecule has 0 aromatic heterocycles. The molecule has 0 spiro atoms. The third kappa shape index (κ3) is 2.09. The molecule has 1 aromatic rings. The average molecular weight is 218 g/mol. The molecule has 1 aliphatic heterocycles. The van der Waals surface area contributed by atoms with Crippen molar-refractivity contribution in [3.05, 3.63) is 34.9 Å². The molecule has 3 nitrogen and oxygen atoms in total. The molecule has 0 radical (unpaired) electrons. The van der Waals surface area contributed by atoms with Gasteiger partial charge < -0.3 is 10.6 Å². The van der Waals surface area contributed by atoms with E-state index in [-0.39, 0.29) is 11.8 Å². The quantitative estimate of drug-likeness (QED) is 0.786. The van der Waals surface area contributed by atoms with Crippen LogP contribution in [-0.2, 0) is 11.3 Å². The molecule has 2 N–H and O–H groups in total. The molecular weight excluding hydrogens is 200 g/mol. The Kier molecular flexibility index (Phi) is 3.25. The van der Waals surface area contributed by atoms with Crippen LogP contribution in [0.3, 0.4) is 0 Å². The zero-order chi connectivity index (χ0) is 11.5. The van der Waals surface area contributed by atoms with E-state index < -0.39 is 0 Å². The molecule has 1 atom stereocenters. The fourth-order valence-corrected chi connectivity index (χ4v) is 2.22. The summed E-state index contributed by atoms with van der Waals surface area (Å²) in [5, 5.41) is 6.19. The van der Waals surface area contributed by atoms with Crippen LogP contribution in [0.15, 0.2) is 18.2 Å². The van der Waals surface area contributed by atoms with Gasteiger partial charge in [0.2, 0.25) is 5.91 Å². The van der Waals surface area contributed by atoms with Crippen LogP contribution in [0.5, 0.6) is 0 Å². The summed E-state index contributed by atoms with van der Waals surface area (Å²) in [5.74, 6) is 0.0871. The highest BCUT2D eigenvalue weighted by molar-refractivity contribution is 5.84. The van der Waals surface area contributed by atoms with Crippen LogP contribution >= 0.6 is 0 Å². The number of hydrogen-bond acceptors (Lipinski definition) is 2. The van der Waals surface area contributed by atoms with Crippen LogP contribution in [0.2, 0.25) is 0 Å². The lowest BCUT2D eigenvalue weighted by Crippen LogP contribution is -2.38. The van der Waals surface area contributed by atoms with Gasteiger partial charge in [-0.1, -0.05) is 23.8 Å². The van der Waals surface area contributed by atoms with Crippen molar-refractivity contribution in [3.8, 4) is 0 Å². The molecule has 1 unspecified atom stereocenters. The van der Waals surface area contributed by atoms with E-state index in [4.69, 9.17) is 0 Å². The van der Waals surface area contributed by atoms with Crippen molar-refractivity contribution in [2.75, 3.05) is 13.1 Å². The number of amides is 1. The number of carbonyl (C=O) groups excluding carboxylic acids is 1. The van der Waals surface area contributed by atoms with Gasteiger partial charge >= 0.3 is 0 Å². The van der Waals surface area contributed by atoms with Gasteiger partial charge in [0.25, 0.3) is 0 Å². The summed E-state index contributed by atoms with van der Waals surface area (Å²) in [6.45, 7) is 6.32. The largest absolute Gasteiger partial charge is 0.356 e. The zero-order valence-electron chi connectivity index (χ0n) is 9.84. The third-order valence-corrected chi connectivity index (χ3v) is 3.01. The number of rotatable bonds is 2. The van der Waals surface area contributed by atoms with Gasteiger partial charge in [-0.05, 0) is 25.0 Å². The topological polar surface area (TPSA) is 41.1 Å². The number of carbonyl (C=O) groups is 1. The van der Waals surface area contributed by atoms with Crippen LogP contribution in [0.25, 0.3) is 0 Å². The van der Waals surface area contributed by atoms with Gasteiger partial charge in [-0.25, -0.2) is 0 Å². The van der Waals surface area contributed by atoms with Gasteiger partial charge in [-0.2, -0.15) is 0 Å². The molecule has 0 aliphatic carbocycles. The van der Waals surface area contributed by atoms with Crippen LogP contribution in [0.1, 0.15) is 29.5 Å². The van der Waals surface area contributed by atoms with Crippen molar-refractivity contribution >= 4 is 5.91 Å². The molecule has 2 rings (SSSR count). The Bertz CT molecular complexity index is 401. The molecule has 0 bridgehead atoms. The van der Waals surface area contributed by atoms with E-state index in [1.54, 1.807) is 0 Å². The SMILES string of the molecule is CCNC(=O)C1CNCc2cc(C)ccc21. The first kappa shape index (κ1) is 11.1. The standard InChI is InChI=1S/C13H18N2O/c1-3-15-13(16)12-8-14-7-10-6-9(2)4-5-11(10)12/h4-6,12,14H,3,7-8H2,1-2H3,(H,15,16). The molecule has 0 saturated carbocycles. The van der Waals surface area contributed by atoms with Gasteiger partial charge in [-0.15, -0.1) is 0 Å². The smallest absolute Gasteiger partial charge is 0.228 e. The van der Waals surface area contributed by atoms with E-state index in [0.29, 0.717) is 6.54 Å². The number of nitrogens with one attached hydrogen (secondary N) is 2. The Morgan fingerprint density at radius 3 is 3.12 bits per heavy atom. The van der Waals surface area contributed by atoms with Crippen LogP contribution in [0, 0.1) is 6.92 Å². The second-order valence-corrected chi connectivity index (χ2v) is 4.28. The monoisotopic (exact) mass is 218 g/mol. The first-order chi connectivity index (χ1) is 7.72. The van der Waals surface area contributed by atoms with Crippen LogP contribution < -0.4 is 10.6 Å². The molecule has 0 saturated heterocycles. The van der Waals surface area contributed by atoms with E-state index in [2.05, 4.69) is 35.8 Å². The Hall–Kier alpha value is -1.35. The Labute approximate surface area is 96.2 Å². The number of likely N-dealkylation sites (N-methyl/N-ethyl adjacent to an activating group) is 1. The summed E-state index contributed by atoms with van der Waals surface area (Å²) in [4.78, 5) is 11.9. The van der Waals surface area contributed by atoms with E-state index in [1.807, 2.05) is 6.92 Å². The number of aryl methyl sites for hydroxylation is 1. The first-order valence-corrected chi connectivity index (χ1v) is 5.80. The maximum absolute atomic E-state index is 11.9. The molecule has 0 fully saturated rings. The first-order valence-electron chi connectivity index (χ1n) is 5.80. The van der Waals surface area contributed by atoms with Crippen molar-refractivity contribution in [2.24, 2.45) is 0 Å². The van der Waals surface area contributed by atoms with Gasteiger partial charge in [0, 0.05) is 19.6 Å². The Balaban J connectivity index is 2.29. The lowest BCUT2D eigenvalue weighted by atomic mass is 9.89. The highest BCUT2D eigenvalue weighted by Crippen LogP contribution is 2.24.